The van der Waals surface area contributed by atoms with Gasteiger partial charge in [0.15, 0.2) is 5.17 Å². The maximum atomic E-state index is 12.5. The second-order valence-electron chi connectivity index (χ2n) is 5.59. The highest BCUT2D eigenvalue weighted by Crippen LogP contribution is 2.32. The molecule has 6 nitrogen and oxygen atoms in total. The molecule has 2 N–H and O–H groups in total. The molecule has 0 saturated carbocycles. The number of hydrogen-bond acceptors (Lipinski definition) is 5. The summed E-state index contributed by atoms with van der Waals surface area (Å²) in [5.41, 5.74) is 1.03. The van der Waals surface area contributed by atoms with E-state index < -0.39 is 5.25 Å². The molecule has 0 bridgehead atoms. The van der Waals surface area contributed by atoms with Crippen molar-refractivity contribution in [1.82, 2.24) is 5.32 Å². The summed E-state index contributed by atoms with van der Waals surface area (Å²) in [6, 6.07) is 11.8. The lowest BCUT2D eigenvalue weighted by Crippen LogP contribution is -2.41. The fourth-order valence-corrected chi connectivity index (χ4v) is 3.74. The van der Waals surface area contributed by atoms with Crippen molar-refractivity contribution in [3.05, 3.63) is 52.5 Å². The van der Waals surface area contributed by atoms with Crippen LogP contribution in [0.1, 0.15) is 6.42 Å². The number of hydrogen-bond donors (Lipinski definition) is 2. The first-order chi connectivity index (χ1) is 12.9. The maximum Gasteiger partial charge on any atom is 0.238 e. The summed E-state index contributed by atoms with van der Waals surface area (Å²) in [4.78, 5) is 29.0. The zero-order chi connectivity index (χ0) is 19.4. The van der Waals surface area contributed by atoms with Crippen LogP contribution in [-0.4, -0.2) is 29.3 Å². The number of halogens is 2. The molecule has 0 aliphatic carbocycles. The Morgan fingerprint density at radius 3 is 2.78 bits per heavy atom. The number of thioether (sulfide) groups is 1. The van der Waals surface area contributed by atoms with Gasteiger partial charge in [0, 0.05) is 22.2 Å². The normalized spacial score (nSPS) is 18.1. The van der Waals surface area contributed by atoms with Gasteiger partial charge in [0.25, 0.3) is 0 Å². The Bertz CT molecular complexity index is 920. The first-order valence-electron chi connectivity index (χ1n) is 7.90. The van der Waals surface area contributed by atoms with E-state index in [1.807, 2.05) is 0 Å². The number of amidine groups is 1. The molecule has 3 rings (SSSR count). The molecule has 1 saturated heterocycles. The van der Waals surface area contributed by atoms with Crippen LogP contribution >= 0.6 is 35.0 Å². The van der Waals surface area contributed by atoms with E-state index in [4.69, 9.17) is 27.9 Å². The number of aliphatic imine (C=N–C) groups is 1. The minimum absolute atomic E-state index is 0.0444. The zero-order valence-electron chi connectivity index (χ0n) is 14.2. The smallest absolute Gasteiger partial charge is 0.238 e. The number of rotatable bonds is 4. The topological polar surface area (TPSA) is 79.8 Å². The molecular formula is C18H15Cl2N3O3S. The monoisotopic (exact) mass is 423 g/mol. The highest BCUT2D eigenvalue weighted by Gasteiger charge is 2.30. The molecule has 0 unspecified atom stereocenters. The molecule has 0 aromatic heterocycles. The molecule has 2 aromatic rings. The minimum Gasteiger partial charge on any atom is -0.494 e. The van der Waals surface area contributed by atoms with Gasteiger partial charge in [-0.1, -0.05) is 41.0 Å². The van der Waals surface area contributed by atoms with Crippen molar-refractivity contribution in [3.63, 3.8) is 0 Å². The fraction of sp³-hybridized carbons (Fsp3) is 0.167. The van der Waals surface area contributed by atoms with Gasteiger partial charge in [-0.15, -0.1) is 0 Å². The van der Waals surface area contributed by atoms with Crippen LogP contribution < -0.4 is 15.4 Å². The zero-order valence-corrected chi connectivity index (χ0v) is 16.5. The molecule has 0 radical (unpaired) electrons. The van der Waals surface area contributed by atoms with Crippen molar-refractivity contribution in [1.29, 1.82) is 0 Å². The van der Waals surface area contributed by atoms with Gasteiger partial charge in [-0.05, 0) is 36.4 Å². The quantitative estimate of drug-likeness (QED) is 0.769. The van der Waals surface area contributed by atoms with E-state index >= 15 is 0 Å². The van der Waals surface area contributed by atoms with Crippen LogP contribution in [0.3, 0.4) is 0 Å². The number of benzene rings is 2. The molecule has 2 aromatic carbocycles. The first-order valence-corrected chi connectivity index (χ1v) is 9.53. The van der Waals surface area contributed by atoms with Crippen LogP contribution in [-0.2, 0) is 9.59 Å². The van der Waals surface area contributed by atoms with Gasteiger partial charge >= 0.3 is 0 Å². The SMILES string of the molecule is COc1ccc(Cl)cc1N=C1NC(=O)C[C@@H](C(=O)Nc2cccc(Cl)c2)S1. The van der Waals surface area contributed by atoms with Crippen LogP contribution in [0.4, 0.5) is 11.4 Å². The molecule has 1 aliphatic heterocycles. The number of anilines is 1. The maximum absolute atomic E-state index is 12.5. The van der Waals surface area contributed by atoms with E-state index in [1.54, 1.807) is 42.5 Å². The van der Waals surface area contributed by atoms with Gasteiger partial charge in [0.05, 0.1) is 7.11 Å². The number of nitrogens with zero attached hydrogens (tertiary/aromatic N) is 1. The summed E-state index contributed by atoms with van der Waals surface area (Å²) in [5.74, 6) is -0.0881. The number of carbonyl (C=O) groups is 2. The summed E-state index contributed by atoms with van der Waals surface area (Å²) in [6.07, 6.45) is 0.0444. The van der Waals surface area contributed by atoms with Gasteiger partial charge in [-0.25, -0.2) is 4.99 Å². The van der Waals surface area contributed by atoms with Gasteiger partial charge < -0.3 is 15.4 Å². The largest absolute Gasteiger partial charge is 0.494 e. The third-order valence-corrected chi connectivity index (χ3v) is 5.17. The minimum atomic E-state index is -0.623. The van der Waals surface area contributed by atoms with Gasteiger partial charge in [-0.2, -0.15) is 0 Å². The third kappa shape index (κ3) is 5.15. The third-order valence-electron chi connectivity index (χ3n) is 3.62. The lowest BCUT2D eigenvalue weighted by atomic mass is 10.2. The number of amides is 2. The first kappa shape index (κ1) is 19.5. The van der Waals surface area contributed by atoms with Crippen molar-refractivity contribution in [3.8, 4) is 5.75 Å². The van der Waals surface area contributed by atoms with E-state index in [-0.39, 0.29) is 18.2 Å². The second kappa shape index (κ2) is 8.65. The molecule has 1 heterocycles. The lowest BCUT2D eigenvalue weighted by Gasteiger charge is -2.22. The van der Waals surface area contributed by atoms with E-state index in [0.717, 1.165) is 11.8 Å². The van der Waals surface area contributed by atoms with Crippen LogP contribution in [0.2, 0.25) is 10.0 Å². The lowest BCUT2D eigenvalue weighted by molar-refractivity contribution is -0.123. The molecule has 1 aliphatic rings. The molecule has 140 valence electrons. The van der Waals surface area contributed by atoms with E-state index in [0.29, 0.717) is 32.3 Å². The van der Waals surface area contributed by atoms with Crippen molar-refractivity contribution in [2.75, 3.05) is 12.4 Å². The Morgan fingerprint density at radius 1 is 1.26 bits per heavy atom. The van der Waals surface area contributed by atoms with E-state index in [2.05, 4.69) is 15.6 Å². The summed E-state index contributed by atoms with van der Waals surface area (Å²) in [6.45, 7) is 0. The summed E-state index contributed by atoms with van der Waals surface area (Å²) in [7, 11) is 1.51. The average Bonchev–Trinajstić information content (AvgIpc) is 2.61. The summed E-state index contributed by atoms with van der Waals surface area (Å²) < 4.78 is 5.25. The van der Waals surface area contributed by atoms with Gasteiger partial charge in [0.2, 0.25) is 11.8 Å². The summed E-state index contributed by atoms with van der Waals surface area (Å²) in [5, 5.41) is 6.11. The average molecular weight is 424 g/mol. The van der Waals surface area contributed by atoms with Crippen LogP contribution in [0.25, 0.3) is 0 Å². The predicted octanol–water partition coefficient (Wildman–Crippen LogP) is 4.25. The van der Waals surface area contributed by atoms with Crippen LogP contribution in [0, 0.1) is 0 Å². The molecule has 1 atom stereocenters. The molecule has 1 fully saturated rings. The number of methoxy groups -OCH3 is 1. The highest BCUT2D eigenvalue weighted by molar-refractivity contribution is 8.15. The van der Waals surface area contributed by atoms with Crippen molar-refractivity contribution < 1.29 is 14.3 Å². The predicted molar refractivity (Wildman–Crippen MR) is 109 cm³/mol. The Balaban J connectivity index is 1.79. The van der Waals surface area contributed by atoms with E-state index in [1.165, 1.54) is 7.11 Å². The second-order valence-corrected chi connectivity index (χ2v) is 7.66. The summed E-state index contributed by atoms with van der Waals surface area (Å²) >= 11 is 13.1. The standard InChI is InChI=1S/C18H15Cl2N3O3S/c1-26-14-6-5-11(20)8-13(14)22-18-23-16(24)9-15(27-18)17(25)21-12-4-2-3-10(19)7-12/h2-8,15H,9H2,1H3,(H,21,25)(H,22,23,24)/t15-/m0/s1. The van der Waals surface area contributed by atoms with Crippen LogP contribution in [0.15, 0.2) is 47.5 Å². The highest BCUT2D eigenvalue weighted by atomic mass is 35.5. The molecule has 0 spiro atoms. The Hall–Kier alpha value is -2.22. The molecule has 9 heteroatoms. The number of ether oxygens (including phenoxy) is 1. The van der Waals surface area contributed by atoms with Crippen molar-refractivity contribution >= 4 is 63.3 Å². The van der Waals surface area contributed by atoms with Crippen molar-refractivity contribution in [2.45, 2.75) is 11.7 Å². The Labute approximate surface area is 170 Å². The number of nitrogens with one attached hydrogen (secondary N) is 2. The molecule has 2 amide bonds. The number of carbonyl (C=O) groups excluding carboxylic acids is 2. The van der Waals surface area contributed by atoms with Crippen LogP contribution in [0.5, 0.6) is 5.75 Å². The fourth-order valence-electron chi connectivity index (χ4n) is 2.39. The van der Waals surface area contributed by atoms with E-state index in [9.17, 15) is 9.59 Å². The Kier molecular flexibility index (Phi) is 6.26. The van der Waals surface area contributed by atoms with Gasteiger partial charge in [-0.3, -0.25) is 9.59 Å². The van der Waals surface area contributed by atoms with Gasteiger partial charge in [0.1, 0.15) is 16.7 Å². The molecule has 27 heavy (non-hydrogen) atoms. The molecular weight excluding hydrogens is 409 g/mol. The Morgan fingerprint density at radius 2 is 2.04 bits per heavy atom. The van der Waals surface area contributed by atoms with Crippen molar-refractivity contribution in [2.24, 2.45) is 4.99 Å².